The van der Waals surface area contributed by atoms with Crippen molar-refractivity contribution in [3.63, 3.8) is 0 Å². The van der Waals surface area contributed by atoms with Gasteiger partial charge in [-0.25, -0.2) is 4.79 Å². The first-order chi connectivity index (χ1) is 7.31. The van der Waals surface area contributed by atoms with Crippen LogP contribution < -0.4 is 0 Å². The molecular weight excluding hydrogens is 188 g/mol. The van der Waals surface area contributed by atoms with Crippen LogP contribution in [0.2, 0.25) is 0 Å². The number of rotatable bonds is 9. The molecule has 0 N–H and O–H groups in total. The molecule has 0 aromatic heterocycles. The second-order valence-corrected chi connectivity index (χ2v) is 3.48. The Morgan fingerprint density at radius 2 is 1.87 bits per heavy atom. The number of hydrogen-bond donors (Lipinski definition) is 0. The van der Waals surface area contributed by atoms with E-state index in [0.29, 0.717) is 6.61 Å². The van der Waals surface area contributed by atoms with Crippen molar-refractivity contribution in [3.8, 4) is 0 Å². The van der Waals surface area contributed by atoms with E-state index in [0.717, 1.165) is 19.3 Å². The van der Waals surface area contributed by atoms with Crippen molar-refractivity contribution < 1.29 is 9.53 Å². The molecule has 0 amide bonds. The maximum atomic E-state index is 10.7. The zero-order chi connectivity index (χ0) is 11.4. The molecule has 15 heavy (non-hydrogen) atoms. The predicted molar refractivity (Wildman–Crippen MR) is 63.7 cm³/mol. The second kappa shape index (κ2) is 11.0. The van der Waals surface area contributed by atoms with Crippen molar-refractivity contribution in [1.82, 2.24) is 0 Å². The number of hydrogen-bond acceptors (Lipinski definition) is 2. The summed E-state index contributed by atoms with van der Waals surface area (Å²) in [5, 5.41) is 0. The van der Waals surface area contributed by atoms with Gasteiger partial charge in [0.2, 0.25) is 0 Å². The topological polar surface area (TPSA) is 26.3 Å². The van der Waals surface area contributed by atoms with E-state index in [9.17, 15) is 4.79 Å². The van der Waals surface area contributed by atoms with Gasteiger partial charge in [0.05, 0.1) is 6.61 Å². The van der Waals surface area contributed by atoms with Gasteiger partial charge in [-0.05, 0) is 25.7 Å². The predicted octanol–water partition coefficient (Wildman–Crippen LogP) is 3.63. The molecule has 0 saturated carbocycles. The van der Waals surface area contributed by atoms with E-state index in [-0.39, 0.29) is 5.97 Å². The highest BCUT2D eigenvalue weighted by molar-refractivity contribution is 5.81. The second-order valence-electron chi connectivity index (χ2n) is 3.48. The molecule has 0 heterocycles. The maximum absolute atomic E-state index is 10.7. The van der Waals surface area contributed by atoms with Gasteiger partial charge in [-0.15, -0.1) is 0 Å². The van der Waals surface area contributed by atoms with Gasteiger partial charge in [-0.1, -0.05) is 38.5 Å². The zero-order valence-electron chi connectivity index (χ0n) is 9.71. The number of carbonyl (C=O) groups is 1. The van der Waals surface area contributed by atoms with Crippen molar-refractivity contribution in [2.24, 2.45) is 0 Å². The minimum atomic E-state index is -0.325. The van der Waals surface area contributed by atoms with E-state index in [4.69, 9.17) is 4.74 Å². The van der Waals surface area contributed by atoms with E-state index in [1.54, 1.807) is 0 Å². The van der Waals surface area contributed by atoms with Crippen molar-refractivity contribution in [2.45, 2.75) is 45.4 Å². The SMILES string of the molecule is C=CC(=O)OCCCC/C=C/CCCC. The van der Waals surface area contributed by atoms with Crippen LogP contribution in [0.1, 0.15) is 45.4 Å². The third-order valence-electron chi connectivity index (χ3n) is 2.07. The fraction of sp³-hybridized carbons (Fsp3) is 0.615. The van der Waals surface area contributed by atoms with E-state index in [2.05, 4.69) is 25.7 Å². The van der Waals surface area contributed by atoms with Crippen LogP contribution in [0, 0.1) is 0 Å². The Morgan fingerprint density at radius 1 is 1.20 bits per heavy atom. The van der Waals surface area contributed by atoms with Gasteiger partial charge in [-0.3, -0.25) is 0 Å². The van der Waals surface area contributed by atoms with Crippen molar-refractivity contribution >= 4 is 5.97 Å². The number of unbranched alkanes of at least 4 members (excludes halogenated alkanes) is 4. The summed E-state index contributed by atoms with van der Waals surface area (Å²) in [5.41, 5.74) is 0. The van der Waals surface area contributed by atoms with E-state index < -0.39 is 0 Å². The molecule has 0 unspecified atom stereocenters. The smallest absolute Gasteiger partial charge is 0.330 e. The Kier molecular flexibility index (Phi) is 10.3. The van der Waals surface area contributed by atoms with Crippen LogP contribution in [0.25, 0.3) is 0 Å². The average molecular weight is 210 g/mol. The lowest BCUT2D eigenvalue weighted by Crippen LogP contribution is -2.01. The highest BCUT2D eigenvalue weighted by atomic mass is 16.5. The molecule has 0 aromatic carbocycles. The lowest BCUT2D eigenvalue weighted by Gasteiger charge is -1.99. The van der Waals surface area contributed by atoms with Gasteiger partial charge in [-0.2, -0.15) is 0 Å². The summed E-state index contributed by atoms with van der Waals surface area (Å²) in [7, 11) is 0. The summed E-state index contributed by atoms with van der Waals surface area (Å²) in [6.45, 7) is 6.04. The highest BCUT2D eigenvalue weighted by Gasteiger charge is 1.93. The summed E-state index contributed by atoms with van der Waals surface area (Å²) in [6.07, 6.45) is 12.4. The molecule has 0 aliphatic rings. The highest BCUT2D eigenvalue weighted by Crippen LogP contribution is 2.00. The summed E-state index contributed by atoms with van der Waals surface area (Å²) < 4.78 is 4.86. The number of esters is 1. The van der Waals surface area contributed by atoms with Crippen LogP contribution in [-0.4, -0.2) is 12.6 Å². The molecule has 86 valence electrons. The molecular formula is C13H22O2. The van der Waals surface area contributed by atoms with Crippen LogP contribution in [0.4, 0.5) is 0 Å². The Balaban J connectivity index is 3.14. The molecule has 0 aliphatic carbocycles. The minimum absolute atomic E-state index is 0.325. The van der Waals surface area contributed by atoms with Gasteiger partial charge in [0.1, 0.15) is 0 Å². The monoisotopic (exact) mass is 210 g/mol. The summed E-state index contributed by atoms with van der Waals surface area (Å²) in [6, 6.07) is 0. The lowest BCUT2D eigenvalue weighted by molar-refractivity contribution is -0.137. The quantitative estimate of drug-likeness (QED) is 0.251. The van der Waals surface area contributed by atoms with Gasteiger partial charge in [0.25, 0.3) is 0 Å². The van der Waals surface area contributed by atoms with Crippen LogP contribution >= 0.6 is 0 Å². The Labute approximate surface area is 93.0 Å². The Bertz CT molecular complexity index is 195. The lowest BCUT2D eigenvalue weighted by atomic mass is 10.2. The van der Waals surface area contributed by atoms with E-state index in [1.165, 1.54) is 25.3 Å². The number of allylic oxidation sites excluding steroid dienone is 2. The Hall–Kier alpha value is -1.05. The Morgan fingerprint density at radius 3 is 2.47 bits per heavy atom. The van der Waals surface area contributed by atoms with Gasteiger partial charge in [0.15, 0.2) is 0 Å². The fourth-order valence-corrected chi connectivity index (χ4v) is 1.15. The molecule has 2 heteroatoms. The molecule has 0 radical (unpaired) electrons. The first-order valence-corrected chi connectivity index (χ1v) is 5.75. The van der Waals surface area contributed by atoms with Gasteiger partial charge >= 0.3 is 5.97 Å². The van der Waals surface area contributed by atoms with Crippen LogP contribution in [0.3, 0.4) is 0 Å². The molecule has 0 rings (SSSR count). The fourth-order valence-electron chi connectivity index (χ4n) is 1.15. The maximum Gasteiger partial charge on any atom is 0.330 e. The standard InChI is InChI=1S/C13H22O2/c1-3-5-6-7-8-9-10-11-12-15-13(14)4-2/h4,7-8H,2-3,5-6,9-12H2,1H3/b8-7+. The van der Waals surface area contributed by atoms with Crippen molar-refractivity contribution in [1.29, 1.82) is 0 Å². The molecule has 0 saturated heterocycles. The average Bonchev–Trinajstić information content (AvgIpc) is 2.26. The van der Waals surface area contributed by atoms with E-state index in [1.807, 2.05) is 0 Å². The van der Waals surface area contributed by atoms with Gasteiger partial charge < -0.3 is 4.74 Å². The number of ether oxygens (including phenoxy) is 1. The number of carbonyl (C=O) groups excluding carboxylic acids is 1. The third kappa shape index (κ3) is 10.9. The van der Waals surface area contributed by atoms with Crippen LogP contribution in [0.5, 0.6) is 0 Å². The van der Waals surface area contributed by atoms with E-state index >= 15 is 0 Å². The minimum Gasteiger partial charge on any atom is -0.463 e. The summed E-state index contributed by atoms with van der Waals surface area (Å²) >= 11 is 0. The zero-order valence-corrected chi connectivity index (χ0v) is 9.71. The molecule has 0 bridgehead atoms. The molecule has 0 atom stereocenters. The van der Waals surface area contributed by atoms with Crippen molar-refractivity contribution in [3.05, 3.63) is 24.8 Å². The van der Waals surface area contributed by atoms with Crippen molar-refractivity contribution in [2.75, 3.05) is 6.61 Å². The first-order valence-electron chi connectivity index (χ1n) is 5.75. The summed E-state index contributed by atoms with van der Waals surface area (Å²) in [4.78, 5) is 10.7. The van der Waals surface area contributed by atoms with Gasteiger partial charge in [0, 0.05) is 6.08 Å². The van der Waals surface area contributed by atoms with Crippen LogP contribution in [-0.2, 0) is 9.53 Å². The molecule has 0 spiro atoms. The normalized spacial score (nSPS) is 10.5. The molecule has 2 nitrogen and oxygen atoms in total. The van der Waals surface area contributed by atoms with Crippen LogP contribution in [0.15, 0.2) is 24.8 Å². The molecule has 0 aliphatic heterocycles. The third-order valence-corrected chi connectivity index (χ3v) is 2.07. The molecule has 0 aromatic rings. The summed E-state index contributed by atoms with van der Waals surface area (Å²) in [5.74, 6) is -0.325. The molecule has 0 fully saturated rings. The largest absolute Gasteiger partial charge is 0.463 e. The first kappa shape index (κ1) is 13.9.